The Morgan fingerprint density at radius 3 is 2.89 bits per heavy atom. The van der Waals surface area contributed by atoms with Crippen LogP contribution in [-0.2, 0) is 4.74 Å². The number of benzene rings is 2. The van der Waals surface area contributed by atoms with Gasteiger partial charge in [0.25, 0.3) is 0 Å². The molecule has 0 saturated heterocycles. The highest BCUT2D eigenvalue weighted by molar-refractivity contribution is 6.09. The molecule has 4 nitrogen and oxygen atoms in total. The van der Waals surface area contributed by atoms with E-state index in [9.17, 15) is 9.18 Å². The number of fused-ring (bicyclic) bond motifs is 4. The van der Waals surface area contributed by atoms with Gasteiger partial charge in [-0.25, -0.2) is 9.18 Å². The molecule has 1 fully saturated rings. The van der Waals surface area contributed by atoms with Crippen molar-refractivity contribution in [1.82, 2.24) is 0 Å². The molecule has 0 amide bonds. The van der Waals surface area contributed by atoms with E-state index in [0.29, 0.717) is 28.4 Å². The van der Waals surface area contributed by atoms with Crippen molar-refractivity contribution in [2.45, 2.75) is 25.7 Å². The maximum absolute atomic E-state index is 13.3. The van der Waals surface area contributed by atoms with E-state index in [4.69, 9.17) is 9.15 Å². The van der Waals surface area contributed by atoms with Gasteiger partial charge in [-0.05, 0) is 67.5 Å². The molecule has 1 aliphatic heterocycles. The number of hydrogen-bond donors (Lipinski definition) is 1. The second kappa shape index (κ2) is 6.12. The lowest BCUT2D eigenvalue weighted by Gasteiger charge is -2.09. The van der Waals surface area contributed by atoms with Crippen LogP contribution in [0.25, 0.3) is 22.3 Å². The van der Waals surface area contributed by atoms with E-state index in [1.165, 1.54) is 30.5 Å². The molecule has 2 aromatic carbocycles. The molecule has 3 aromatic rings. The van der Waals surface area contributed by atoms with E-state index >= 15 is 0 Å². The first-order valence-corrected chi connectivity index (χ1v) is 9.43. The van der Waals surface area contributed by atoms with E-state index in [0.717, 1.165) is 23.5 Å². The average Bonchev–Trinajstić information content (AvgIpc) is 3.35. The third-order valence-electron chi connectivity index (χ3n) is 5.60. The van der Waals surface area contributed by atoms with Crippen LogP contribution in [0, 0.1) is 11.7 Å². The molecule has 0 radical (unpaired) electrons. The molecule has 138 valence electrons. The SMILES string of the molecule is CCOC(=O)c1c(-c2ccc(F)cc2)oc2cc3c(cc12)C1CC1CCN3. The molecule has 5 rings (SSSR count). The first kappa shape index (κ1) is 16.4. The monoisotopic (exact) mass is 365 g/mol. The normalized spacial score (nSPS) is 20.4. The third kappa shape index (κ3) is 2.69. The molecule has 1 aromatic heterocycles. The molecule has 2 unspecified atom stereocenters. The number of furan rings is 1. The molecular weight excluding hydrogens is 345 g/mol. The standard InChI is InChI=1S/C22H20FNO3/c1-2-26-22(25)20-17-10-16-15-9-13(15)7-8-24-18(16)11-19(17)27-21(20)12-3-5-14(23)6-4-12/h3-6,10-11,13,15,24H,2,7-9H2,1H3. The highest BCUT2D eigenvalue weighted by atomic mass is 19.1. The zero-order valence-corrected chi connectivity index (χ0v) is 15.0. The number of esters is 1. The van der Waals surface area contributed by atoms with Crippen molar-refractivity contribution in [2.75, 3.05) is 18.5 Å². The van der Waals surface area contributed by atoms with Crippen LogP contribution in [0.2, 0.25) is 0 Å². The third-order valence-corrected chi connectivity index (χ3v) is 5.60. The number of anilines is 1. The van der Waals surface area contributed by atoms with Crippen LogP contribution in [0.1, 0.15) is 41.6 Å². The Kier molecular flexibility index (Phi) is 3.71. The minimum atomic E-state index is -0.413. The van der Waals surface area contributed by atoms with Gasteiger partial charge in [-0.2, -0.15) is 0 Å². The molecule has 2 atom stereocenters. The summed E-state index contributed by atoms with van der Waals surface area (Å²) in [4.78, 5) is 12.7. The summed E-state index contributed by atoms with van der Waals surface area (Å²) in [5.74, 6) is 0.966. The van der Waals surface area contributed by atoms with Crippen LogP contribution in [0.3, 0.4) is 0 Å². The Morgan fingerprint density at radius 2 is 2.11 bits per heavy atom. The second-order valence-corrected chi connectivity index (χ2v) is 7.29. The zero-order chi connectivity index (χ0) is 18.5. The Hall–Kier alpha value is -2.82. The fourth-order valence-electron chi connectivity index (χ4n) is 4.17. The van der Waals surface area contributed by atoms with E-state index < -0.39 is 5.97 Å². The van der Waals surface area contributed by atoms with Gasteiger partial charge >= 0.3 is 5.97 Å². The van der Waals surface area contributed by atoms with Gasteiger partial charge in [0.1, 0.15) is 22.7 Å². The van der Waals surface area contributed by atoms with Crippen LogP contribution >= 0.6 is 0 Å². The van der Waals surface area contributed by atoms with Crippen molar-refractivity contribution >= 4 is 22.6 Å². The Labute approximate surface area is 156 Å². The maximum atomic E-state index is 13.3. The van der Waals surface area contributed by atoms with Crippen LogP contribution in [0.4, 0.5) is 10.1 Å². The van der Waals surface area contributed by atoms with Crippen molar-refractivity contribution in [3.8, 4) is 11.3 Å². The van der Waals surface area contributed by atoms with Crippen molar-refractivity contribution in [3.05, 3.63) is 53.3 Å². The first-order valence-electron chi connectivity index (χ1n) is 9.43. The number of nitrogens with one attached hydrogen (secondary N) is 1. The van der Waals surface area contributed by atoms with E-state index in [1.54, 1.807) is 19.1 Å². The molecule has 2 heterocycles. The predicted octanol–water partition coefficient (Wildman–Crippen LogP) is 5.33. The summed E-state index contributed by atoms with van der Waals surface area (Å²) in [7, 11) is 0. The smallest absolute Gasteiger partial charge is 0.342 e. The van der Waals surface area contributed by atoms with E-state index in [2.05, 4.69) is 11.4 Å². The molecule has 1 N–H and O–H groups in total. The van der Waals surface area contributed by atoms with E-state index in [-0.39, 0.29) is 12.4 Å². The zero-order valence-electron chi connectivity index (χ0n) is 15.0. The molecule has 0 bridgehead atoms. The van der Waals surface area contributed by atoms with Gasteiger partial charge in [-0.3, -0.25) is 0 Å². The summed E-state index contributed by atoms with van der Waals surface area (Å²) >= 11 is 0. The number of rotatable bonds is 3. The highest BCUT2D eigenvalue weighted by Crippen LogP contribution is 2.54. The minimum Gasteiger partial charge on any atom is -0.462 e. The Morgan fingerprint density at radius 1 is 1.30 bits per heavy atom. The summed E-state index contributed by atoms with van der Waals surface area (Å²) in [5.41, 5.74) is 4.05. The number of carbonyl (C=O) groups is 1. The minimum absolute atomic E-state index is 0.283. The quantitative estimate of drug-likeness (QED) is 0.637. The van der Waals surface area contributed by atoms with Crippen LogP contribution in [0.5, 0.6) is 0 Å². The fourth-order valence-corrected chi connectivity index (χ4v) is 4.17. The lowest BCUT2D eigenvalue weighted by atomic mass is 10.0. The summed E-state index contributed by atoms with van der Waals surface area (Å²) in [5, 5.41) is 4.25. The molecule has 2 aliphatic rings. The molecule has 0 spiro atoms. The molecule has 1 aliphatic carbocycles. The van der Waals surface area contributed by atoms with Gasteiger partial charge in [0.15, 0.2) is 0 Å². The van der Waals surface area contributed by atoms with Crippen LogP contribution in [0.15, 0.2) is 40.8 Å². The number of hydrogen-bond acceptors (Lipinski definition) is 4. The van der Waals surface area contributed by atoms with Gasteiger partial charge in [0.2, 0.25) is 0 Å². The fraction of sp³-hybridized carbons (Fsp3) is 0.318. The Bertz CT molecular complexity index is 1040. The average molecular weight is 365 g/mol. The van der Waals surface area contributed by atoms with Crippen molar-refractivity contribution in [2.24, 2.45) is 5.92 Å². The summed E-state index contributed by atoms with van der Waals surface area (Å²) < 4.78 is 24.7. The maximum Gasteiger partial charge on any atom is 0.342 e. The van der Waals surface area contributed by atoms with Crippen LogP contribution in [-0.4, -0.2) is 19.1 Å². The van der Waals surface area contributed by atoms with Crippen molar-refractivity contribution in [3.63, 3.8) is 0 Å². The van der Waals surface area contributed by atoms with Gasteiger partial charge in [0, 0.05) is 29.2 Å². The summed E-state index contributed by atoms with van der Waals surface area (Å²) in [6.07, 6.45) is 2.38. The molecular formula is C22H20FNO3. The largest absolute Gasteiger partial charge is 0.462 e. The highest BCUT2D eigenvalue weighted by Gasteiger charge is 2.41. The lowest BCUT2D eigenvalue weighted by molar-refractivity contribution is 0.0528. The van der Waals surface area contributed by atoms with E-state index in [1.807, 2.05) is 6.07 Å². The number of ether oxygens (including phenoxy) is 1. The second-order valence-electron chi connectivity index (χ2n) is 7.29. The van der Waals surface area contributed by atoms with Gasteiger partial charge in [-0.15, -0.1) is 0 Å². The topological polar surface area (TPSA) is 51.5 Å². The Balaban J connectivity index is 1.73. The predicted molar refractivity (Wildman–Crippen MR) is 102 cm³/mol. The lowest BCUT2D eigenvalue weighted by Crippen LogP contribution is -2.05. The first-order chi connectivity index (χ1) is 13.2. The van der Waals surface area contributed by atoms with Gasteiger partial charge in [0.05, 0.1) is 6.61 Å². The summed E-state index contributed by atoms with van der Waals surface area (Å²) in [6, 6.07) is 10.0. The summed E-state index contributed by atoms with van der Waals surface area (Å²) in [6.45, 7) is 3.02. The number of halogens is 1. The molecule has 27 heavy (non-hydrogen) atoms. The van der Waals surface area contributed by atoms with Gasteiger partial charge in [-0.1, -0.05) is 0 Å². The van der Waals surface area contributed by atoms with Crippen molar-refractivity contribution < 1.29 is 18.3 Å². The van der Waals surface area contributed by atoms with Crippen LogP contribution < -0.4 is 5.32 Å². The molecule has 5 heteroatoms. The van der Waals surface area contributed by atoms with Crippen molar-refractivity contribution in [1.29, 1.82) is 0 Å². The number of carbonyl (C=O) groups excluding carboxylic acids is 1. The molecule has 1 saturated carbocycles. The van der Waals surface area contributed by atoms with Gasteiger partial charge < -0.3 is 14.5 Å².